The van der Waals surface area contributed by atoms with Gasteiger partial charge < -0.3 is 19.3 Å². The molecule has 2 fully saturated rings. The number of hydrogen-bond acceptors (Lipinski definition) is 5. The number of hydrogen-bond donors (Lipinski definition) is 1. The lowest BCUT2D eigenvalue weighted by molar-refractivity contribution is -0.181. The molecule has 5 nitrogen and oxygen atoms in total. The van der Waals surface area contributed by atoms with E-state index in [0.29, 0.717) is 26.1 Å². The third kappa shape index (κ3) is 2.21. The molecule has 5 heteroatoms. The van der Waals surface area contributed by atoms with E-state index in [2.05, 4.69) is 4.74 Å². The van der Waals surface area contributed by atoms with E-state index in [4.69, 9.17) is 9.47 Å². The third-order valence-corrected chi connectivity index (χ3v) is 3.37. The van der Waals surface area contributed by atoms with Crippen LogP contribution in [0.25, 0.3) is 0 Å². The highest BCUT2D eigenvalue weighted by molar-refractivity contribution is 5.72. The Kier molecular flexibility index (Phi) is 3.47. The van der Waals surface area contributed by atoms with Gasteiger partial charge in [-0.2, -0.15) is 0 Å². The second kappa shape index (κ2) is 4.69. The van der Waals surface area contributed by atoms with Gasteiger partial charge in [0.05, 0.1) is 32.3 Å². The Morgan fingerprint density at radius 1 is 1.44 bits per heavy atom. The normalized spacial score (nSPS) is 33.6. The molecule has 1 saturated heterocycles. The lowest BCUT2D eigenvalue weighted by Gasteiger charge is -2.27. The number of aliphatic hydroxyl groups excluding tert-OH is 1. The minimum Gasteiger partial charge on any atom is -0.469 e. The molecule has 16 heavy (non-hydrogen) atoms. The number of carbonyl (C=O) groups is 1. The fourth-order valence-electron chi connectivity index (χ4n) is 2.53. The Balaban J connectivity index is 2.05. The van der Waals surface area contributed by atoms with Gasteiger partial charge in [-0.25, -0.2) is 0 Å². The van der Waals surface area contributed by atoms with Crippen LogP contribution in [0.3, 0.4) is 0 Å². The number of ether oxygens (including phenoxy) is 3. The summed E-state index contributed by atoms with van der Waals surface area (Å²) in [5, 5.41) is 10.0. The lowest BCUT2D eigenvalue weighted by atomic mass is 9.97. The van der Waals surface area contributed by atoms with Gasteiger partial charge in [-0.05, 0) is 12.8 Å². The van der Waals surface area contributed by atoms with E-state index in [1.807, 2.05) is 0 Å². The van der Waals surface area contributed by atoms with Gasteiger partial charge in [0.15, 0.2) is 5.79 Å². The van der Waals surface area contributed by atoms with Crippen LogP contribution >= 0.6 is 0 Å². The SMILES string of the molecule is COC(=O)C1CCCC2(CC1O)OCCO2. The zero-order valence-corrected chi connectivity index (χ0v) is 9.48. The summed E-state index contributed by atoms with van der Waals surface area (Å²) in [5.41, 5.74) is 0. The zero-order valence-electron chi connectivity index (χ0n) is 9.48. The van der Waals surface area contributed by atoms with E-state index < -0.39 is 17.8 Å². The molecule has 1 aliphatic heterocycles. The maximum absolute atomic E-state index is 11.5. The molecule has 0 bridgehead atoms. The maximum Gasteiger partial charge on any atom is 0.311 e. The smallest absolute Gasteiger partial charge is 0.311 e. The molecule has 0 aromatic heterocycles. The van der Waals surface area contributed by atoms with Gasteiger partial charge in [-0.1, -0.05) is 0 Å². The molecule has 1 aliphatic carbocycles. The molecule has 1 N–H and O–H groups in total. The van der Waals surface area contributed by atoms with Crippen LogP contribution in [0.2, 0.25) is 0 Å². The molecule has 92 valence electrons. The van der Waals surface area contributed by atoms with Crippen LogP contribution in [0.1, 0.15) is 25.7 Å². The largest absolute Gasteiger partial charge is 0.469 e. The highest BCUT2D eigenvalue weighted by Gasteiger charge is 2.44. The topological polar surface area (TPSA) is 65.0 Å². The van der Waals surface area contributed by atoms with E-state index in [0.717, 1.165) is 12.8 Å². The highest BCUT2D eigenvalue weighted by atomic mass is 16.7. The van der Waals surface area contributed by atoms with Gasteiger partial charge in [-0.15, -0.1) is 0 Å². The van der Waals surface area contributed by atoms with Gasteiger partial charge in [0, 0.05) is 12.8 Å². The standard InChI is InChI=1S/C11H18O5/c1-14-10(13)8-3-2-4-11(7-9(8)12)15-5-6-16-11/h8-9,12H,2-7H2,1H3. The highest BCUT2D eigenvalue weighted by Crippen LogP contribution is 2.37. The molecule has 2 unspecified atom stereocenters. The zero-order chi connectivity index (χ0) is 11.6. The van der Waals surface area contributed by atoms with Crippen LogP contribution < -0.4 is 0 Å². The van der Waals surface area contributed by atoms with E-state index in [9.17, 15) is 9.90 Å². The van der Waals surface area contributed by atoms with Gasteiger partial charge in [0.2, 0.25) is 0 Å². The second-order valence-electron chi connectivity index (χ2n) is 4.40. The summed E-state index contributed by atoms with van der Waals surface area (Å²) in [5.74, 6) is -1.46. The maximum atomic E-state index is 11.5. The molecule has 0 aromatic carbocycles. The Morgan fingerprint density at radius 2 is 2.12 bits per heavy atom. The van der Waals surface area contributed by atoms with Crippen LogP contribution in [-0.4, -0.2) is 43.3 Å². The minimum atomic E-state index is -0.743. The van der Waals surface area contributed by atoms with Gasteiger partial charge in [-0.3, -0.25) is 4.79 Å². The number of rotatable bonds is 1. The summed E-state index contributed by atoms with van der Waals surface area (Å²) in [6.45, 7) is 1.13. The lowest BCUT2D eigenvalue weighted by Crippen LogP contribution is -2.37. The van der Waals surface area contributed by atoms with Crippen molar-refractivity contribution in [2.24, 2.45) is 5.92 Å². The first-order chi connectivity index (χ1) is 7.67. The van der Waals surface area contributed by atoms with Crippen LogP contribution in [0.15, 0.2) is 0 Å². The summed E-state index contributed by atoms with van der Waals surface area (Å²) < 4.78 is 15.8. The van der Waals surface area contributed by atoms with Crippen molar-refractivity contribution in [1.29, 1.82) is 0 Å². The first kappa shape index (κ1) is 11.8. The van der Waals surface area contributed by atoms with Crippen molar-refractivity contribution in [2.75, 3.05) is 20.3 Å². The van der Waals surface area contributed by atoms with Crippen molar-refractivity contribution < 1.29 is 24.1 Å². The van der Waals surface area contributed by atoms with Crippen LogP contribution in [0, 0.1) is 5.92 Å². The fraction of sp³-hybridized carbons (Fsp3) is 0.909. The van der Waals surface area contributed by atoms with Crippen molar-refractivity contribution >= 4 is 5.97 Å². The van der Waals surface area contributed by atoms with Gasteiger partial charge in [0.25, 0.3) is 0 Å². The van der Waals surface area contributed by atoms with E-state index in [-0.39, 0.29) is 5.97 Å². The Bertz CT molecular complexity index is 259. The summed E-state index contributed by atoms with van der Waals surface area (Å²) in [6.07, 6.45) is 1.77. The molecule has 0 amide bonds. The summed E-state index contributed by atoms with van der Waals surface area (Å²) in [7, 11) is 1.35. The first-order valence-electron chi connectivity index (χ1n) is 5.71. The molecule has 1 heterocycles. The molecule has 2 aliphatic rings. The Labute approximate surface area is 94.7 Å². The molecule has 1 saturated carbocycles. The van der Waals surface area contributed by atoms with E-state index in [1.54, 1.807) is 0 Å². The number of esters is 1. The molecule has 0 aromatic rings. The first-order valence-corrected chi connectivity index (χ1v) is 5.71. The minimum absolute atomic E-state index is 0.345. The van der Waals surface area contributed by atoms with Crippen LogP contribution in [0.4, 0.5) is 0 Å². The van der Waals surface area contributed by atoms with Crippen molar-refractivity contribution in [2.45, 2.75) is 37.6 Å². The van der Waals surface area contributed by atoms with Crippen molar-refractivity contribution in [3.05, 3.63) is 0 Å². The third-order valence-electron chi connectivity index (χ3n) is 3.37. The average molecular weight is 230 g/mol. The van der Waals surface area contributed by atoms with Gasteiger partial charge in [0.1, 0.15) is 0 Å². The molecule has 2 rings (SSSR count). The summed E-state index contributed by atoms with van der Waals surface area (Å²) in [6, 6.07) is 0. The predicted octanol–water partition coefficient (Wildman–Crippen LogP) is 0.454. The summed E-state index contributed by atoms with van der Waals surface area (Å²) in [4.78, 5) is 11.5. The van der Waals surface area contributed by atoms with Gasteiger partial charge >= 0.3 is 5.97 Å². The molecule has 2 atom stereocenters. The predicted molar refractivity (Wildman–Crippen MR) is 54.6 cm³/mol. The molecular weight excluding hydrogens is 212 g/mol. The van der Waals surface area contributed by atoms with E-state index >= 15 is 0 Å². The number of aliphatic hydroxyl groups is 1. The Morgan fingerprint density at radius 3 is 2.75 bits per heavy atom. The Hall–Kier alpha value is -0.650. The van der Waals surface area contributed by atoms with Crippen LogP contribution in [0.5, 0.6) is 0 Å². The van der Waals surface area contributed by atoms with E-state index in [1.165, 1.54) is 7.11 Å². The van der Waals surface area contributed by atoms with Crippen molar-refractivity contribution in [1.82, 2.24) is 0 Å². The fourth-order valence-corrected chi connectivity index (χ4v) is 2.53. The van der Waals surface area contributed by atoms with Crippen molar-refractivity contribution in [3.63, 3.8) is 0 Å². The average Bonchev–Trinajstić information content (AvgIpc) is 2.64. The number of methoxy groups -OCH3 is 1. The summed E-state index contributed by atoms with van der Waals surface area (Å²) >= 11 is 0. The van der Waals surface area contributed by atoms with Crippen LogP contribution in [-0.2, 0) is 19.0 Å². The molecule has 1 spiro atoms. The molecular formula is C11H18O5. The van der Waals surface area contributed by atoms with Crippen molar-refractivity contribution in [3.8, 4) is 0 Å². The number of carbonyl (C=O) groups excluding carboxylic acids is 1. The monoisotopic (exact) mass is 230 g/mol. The molecule has 0 radical (unpaired) electrons. The quantitative estimate of drug-likeness (QED) is 0.663. The second-order valence-corrected chi connectivity index (χ2v) is 4.40.